The topological polar surface area (TPSA) is 101 Å². The normalized spacial score (nSPS) is 48.1. The van der Waals surface area contributed by atoms with Gasteiger partial charge in [-0.25, -0.2) is 0 Å². The van der Waals surface area contributed by atoms with Crippen molar-refractivity contribution in [1.29, 1.82) is 0 Å². The van der Waals surface area contributed by atoms with Crippen LogP contribution in [0.3, 0.4) is 0 Å². The first-order chi connectivity index (χ1) is 18.1. The highest BCUT2D eigenvalue weighted by Gasteiger charge is 2.83. The summed E-state index contributed by atoms with van der Waals surface area (Å²) in [6.45, 7) is 17.9. The fraction of sp³-hybridized carbons (Fsp3) is 0.788. The van der Waals surface area contributed by atoms with Crippen molar-refractivity contribution in [1.82, 2.24) is 0 Å². The molecule has 0 unspecified atom stereocenters. The maximum Gasteiger partial charge on any atom is 0.302 e. The smallest absolute Gasteiger partial charge is 0.302 e. The van der Waals surface area contributed by atoms with Crippen molar-refractivity contribution in [3.05, 3.63) is 24.3 Å². The Kier molecular flexibility index (Phi) is 6.71. The molecule has 0 heterocycles. The first kappa shape index (κ1) is 28.7. The van der Waals surface area contributed by atoms with E-state index in [0.717, 1.165) is 25.7 Å². The van der Waals surface area contributed by atoms with Crippen LogP contribution in [-0.4, -0.2) is 46.1 Å². The molecule has 216 valence electrons. The highest BCUT2D eigenvalue weighted by molar-refractivity contribution is 5.98. The van der Waals surface area contributed by atoms with Gasteiger partial charge >= 0.3 is 5.97 Å². The molecule has 13 atom stereocenters. The lowest BCUT2D eigenvalue weighted by Gasteiger charge is -2.61. The Bertz CT molecular complexity index is 1130. The van der Waals surface area contributed by atoms with Gasteiger partial charge in [0.1, 0.15) is 12.2 Å². The van der Waals surface area contributed by atoms with Crippen LogP contribution >= 0.6 is 0 Å². The second-order valence-electron chi connectivity index (χ2n) is 14.5. The van der Waals surface area contributed by atoms with Crippen molar-refractivity contribution < 1.29 is 29.3 Å². The second kappa shape index (κ2) is 9.11. The molecule has 2 spiro atoms. The summed E-state index contributed by atoms with van der Waals surface area (Å²) in [5.41, 5.74) is -0.262. The molecule has 4 fully saturated rings. The quantitative estimate of drug-likeness (QED) is 0.346. The molecule has 0 aromatic heterocycles. The molecule has 0 aliphatic heterocycles. The predicted molar refractivity (Wildman–Crippen MR) is 148 cm³/mol. The zero-order valence-electron chi connectivity index (χ0n) is 24.8. The van der Waals surface area contributed by atoms with E-state index in [1.807, 2.05) is 27.7 Å². The number of allylic oxidation sites excluding steroid dienone is 2. The Hall–Kier alpha value is -1.79. The minimum Gasteiger partial charge on any atom is -0.462 e. The highest BCUT2D eigenvalue weighted by Crippen LogP contribution is 2.87. The minimum atomic E-state index is -1.22. The summed E-state index contributed by atoms with van der Waals surface area (Å²) < 4.78 is 6.01. The van der Waals surface area contributed by atoms with Gasteiger partial charge in [0, 0.05) is 30.1 Å². The first-order valence-corrected chi connectivity index (χ1v) is 15.1. The van der Waals surface area contributed by atoms with Crippen LogP contribution in [0, 0.1) is 57.2 Å². The van der Waals surface area contributed by atoms with Crippen LogP contribution in [0.4, 0.5) is 0 Å². The van der Waals surface area contributed by atoms with Crippen LogP contribution in [0.5, 0.6) is 0 Å². The van der Waals surface area contributed by atoms with E-state index >= 15 is 0 Å². The summed E-state index contributed by atoms with van der Waals surface area (Å²) in [6, 6.07) is 0. The van der Waals surface area contributed by atoms with Crippen molar-refractivity contribution in [2.75, 3.05) is 0 Å². The Morgan fingerprint density at radius 2 is 1.87 bits per heavy atom. The maximum absolute atomic E-state index is 13.3. The van der Waals surface area contributed by atoms with Gasteiger partial charge in [0.25, 0.3) is 0 Å². The summed E-state index contributed by atoms with van der Waals surface area (Å²) >= 11 is 0. The number of esters is 1. The number of carbonyl (C=O) groups excluding carboxylic acids is 3. The van der Waals surface area contributed by atoms with Gasteiger partial charge in [0.2, 0.25) is 0 Å². The van der Waals surface area contributed by atoms with Gasteiger partial charge in [0.05, 0.1) is 6.10 Å². The number of aliphatic hydroxyl groups is 2. The van der Waals surface area contributed by atoms with Gasteiger partial charge in [0.15, 0.2) is 11.6 Å². The fourth-order valence-corrected chi connectivity index (χ4v) is 10.8. The molecule has 6 nitrogen and oxygen atoms in total. The first-order valence-electron chi connectivity index (χ1n) is 15.1. The van der Waals surface area contributed by atoms with Crippen molar-refractivity contribution in [2.24, 2.45) is 57.2 Å². The van der Waals surface area contributed by atoms with Crippen LogP contribution in [0.25, 0.3) is 0 Å². The van der Waals surface area contributed by atoms with Gasteiger partial charge in [-0.05, 0) is 84.2 Å². The molecule has 0 saturated heterocycles. The second-order valence-corrected chi connectivity index (χ2v) is 14.5. The van der Waals surface area contributed by atoms with Crippen molar-refractivity contribution in [3.63, 3.8) is 0 Å². The van der Waals surface area contributed by atoms with E-state index in [1.54, 1.807) is 6.08 Å². The van der Waals surface area contributed by atoms with Crippen LogP contribution in [-0.2, 0) is 19.1 Å². The number of ketones is 2. The zero-order chi connectivity index (χ0) is 28.9. The Labute approximate surface area is 233 Å². The average Bonchev–Trinajstić information content (AvgIpc) is 3.47. The summed E-state index contributed by atoms with van der Waals surface area (Å²) in [5.74, 6) is -1.24. The van der Waals surface area contributed by atoms with Gasteiger partial charge < -0.3 is 14.9 Å². The molecular formula is C33H48O6. The SMILES string of the molecule is C=C(C(=O)[C@H](O)[C@@H](C)[C@H]1[C@@H](OC(C)=O)C[C@@]2(C)[C@@H]3C[C@@H](O)[C@H]4[C@H](C)C(=O)C=C[C@@]45C[C@@]35CC[C@]12C)[C@@H](C)CC. The molecule has 0 radical (unpaired) electrons. The molecule has 0 aromatic rings. The number of aliphatic hydroxyl groups excluding tert-OH is 2. The lowest BCUT2D eigenvalue weighted by molar-refractivity contribution is -0.162. The Balaban J connectivity index is 1.53. The number of ether oxygens (including phenoxy) is 1. The van der Waals surface area contributed by atoms with E-state index in [1.165, 1.54) is 6.92 Å². The van der Waals surface area contributed by atoms with E-state index in [-0.39, 0.29) is 68.8 Å². The fourth-order valence-electron chi connectivity index (χ4n) is 10.8. The summed E-state index contributed by atoms with van der Waals surface area (Å²) in [6.07, 6.45) is 6.57. The monoisotopic (exact) mass is 540 g/mol. The predicted octanol–water partition coefficient (Wildman–Crippen LogP) is 5.06. The third-order valence-electron chi connectivity index (χ3n) is 13.2. The van der Waals surface area contributed by atoms with E-state index in [9.17, 15) is 24.6 Å². The number of Topliss-reactive ketones (excluding diaryl/α,β-unsaturated/α-hetero) is 1. The third-order valence-corrected chi connectivity index (χ3v) is 13.2. The van der Waals surface area contributed by atoms with Crippen LogP contribution in [0.2, 0.25) is 0 Å². The highest BCUT2D eigenvalue weighted by atomic mass is 16.5. The number of hydrogen-bond donors (Lipinski definition) is 2. The molecule has 0 aromatic carbocycles. The summed E-state index contributed by atoms with van der Waals surface area (Å²) in [4.78, 5) is 38.3. The Morgan fingerprint density at radius 1 is 1.21 bits per heavy atom. The number of carbonyl (C=O) groups is 3. The lowest BCUT2D eigenvalue weighted by atomic mass is 9.43. The number of fused-ring (bicyclic) bond motifs is 2. The molecule has 5 aliphatic carbocycles. The van der Waals surface area contributed by atoms with Crippen molar-refractivity contribution in [2.45, 2.75) is 105 Å². The van der Waals surface area contributed by atoms with Gasteiger partial charge in [-0.1, -0.05) is 54.2 Å². The molecule has 39 heavy (non-hydrogen) atoms. The lowest BCUT2D eigenvalue weighted by Crippen LogP contribution is -2.58. The van der Waals surface area contributed by atoms with E-state index < -0.39 is 24.2 Å². The molecule has 4 saturated carbocycles. The largest absolute Gasteiger partial charge is 0.462 e. The molecule has 2 N–H and O–H groups in total. The average molecular weight is 541 g/mol. The van der Waals surface area contributed by atoms with E-state index in [4.69, 9.17) is 4.74 Å². The number of hydrogen-bond acceptors (Lipinski definition) is 6. The molecule has 5 aliphatic rings. The maximum atomic E-state index is 13.3. The van der Waals surface area contributed by atoms with Gasteiger partial charge in [-0.2, -0.15) is 0 Å². The van der Waals surface area contributed by atoms with Crippen LogP contribution in [0.15, 0.2) is 24.3 Å². The summed E-state index contributed by atoms with van der Waals surface area (Å²) in [7, 11) is 0. The van der Waals surface area contributed by atoms with Crippen LogP contribution < -0.4 is 0 Å². The standard InChI is InChI=1S/C33H48O6/c1-9-17(2)18(3)28(37)29(38)20(5)27-24(39-21(6)34)15-31(8)25-14-23(36)26-19(4)22(35)10-11-33(26)16-32(25,33)13-12-30(27,31)7/h10-11,17,19-20,23-27,29,36,38H,3,9,12-16H2,1-2,4-8H3/t17-,19+,20-,23+,24-,25-,26+,27-,29+,30+,31-,32-,33+/m0/s1. The molecule has 6 heteroatoms. The molecule has 5 rings (SSSR count). The van der Waals surface area contributed by atoms with Gasteiger partial charge in [-0.3, -0.25) is 14.4 Å². The Morgan fingerprint density at radius 3 is 2.49 bits per heavy atom. The summed E-state index contributed by atoms with van der Waals surface area (Å²) in [5, 5.41) is 23.0. The molecule has 0 bridgehead atoms. The molecular weight excluding hydrogens is 492 g/mol. The van der Waals surface area contributed by atoms with Gasteiger partial charge in [-0.15, -0.1) is 0 Å². The zero-order valence-corrected chi connectivity index (χ0v) is 24.8. The minimum absolute atomic E-state index is 0.0110. The number of rotatable bonds is 7. The van der Waals surface area contributed by atoms with E-state index in [0.29, 0.717) is 18.4 Å². The van der Waals surface area contributed by atoms with Crippen molar-refractivity contribution in [3.8, 4) is 0 Å². The third kappa shape index (κ3) is 3.62. The van der Waals surface area contributed by atoms with Crippen LogP contribution in [0.1, 0.15) is 87.0 Å². The van der Waals surface area contributed by atoms with E-state index in [2.05, 4.69) is 26.5 Å². The van der Waals surface area contributed by atoms with Crippen molar-refractivity contribution >= 4 is 17.5 Å². The molecule has 0 amide bonds.